The molecule has 2 rings (SSSR count). The first-order valence-corrected chi connectivity index (χ1v) is 6.23. The normalized spacial score (nSPS) is 16.1. The van der Waals surface area contributed by atoms with Crippen molar-refractivity contribution in [3.8, 4) is 0 Å². The van der Waals surface area contributed by atoms with Crippen molar-refractivity contribution in [2.45, 2.75) is 31.7 Å². The third kappa shape index (κ3) is 2.82. The van der Waals surface area contributed by atoms with Gasteiger partial charge in [-0.15, -0.1) is 0 Å². The Kier molecular flexibility index (Phi) is 3.74. The minimum Gasteiger partial charge on any atom is -0.380 e. The average molecular weight is 275 g/mol. The minimum absolute atomic E-state index is 0.0861. The lowest BCUT2D eigenvalue weighted by atomic mass is 10.2. The van der Waals surface area contributed by atoms with Crippen LogP contribution in [-0.2, 0) is 0 Å². The fraction of sp³-hybridized carbons (Fsp3) is 0.455. The second-order valence-corrected chi connectivity index (χ2v) is 4.98. The average Bonchev–Trinajstić information content (AvgIpc) is 2.75. The molecule has 1 aromatic carbocycles. The van der Waals surface area contributed by atoms with Gasteiger partial charge in [-0.05, 0) is 12.8 Å². The molecule has 4 nitrogen and oxygen atoms in total. The Bertz CT molecular complexity index is 422. The van der Waals surface area contributed by atoms with Gasteiger partial charge in [-0.2, -0.15) is 0 Å². The SMILES string of the molecule is O=[N+]([O-])c1cc(Cl)c(NC2CCCC2)c(Cl)c1. The molecule has 0 heterocycles. The lowest BCUT2D eigenvalue weighted by molar-refractivity contribution is -0.384. The molecule has 0 saturated heterocycles. The first-order valence-electron chi connectivity index (χ1n) is 5.48. The van der Waals surface area contributed by atoms with Gasteiger partial charge in [0, 0.05) is 18.2 Å². The number of nitrogens with zero attached hydrogens (tertiary/aromatic N) is 1. The van der Waals surface area contributed by atoms with Crippen LogP contribution in [0.25, 0.3) is 0 Å². The molecule has 1 aromatic rings. The standard InChI is InChI=1S/C11H12Cl2N2O2/c12-9-5-8(15(16)17)6-10(13)11(9)14-7-3-1-2-4-7/h5-7,14H,1-4H2. The predicted molar refractivity (Wildman–Crippen MR) is 69.0 cm³/mol. The van der Waals surface area contributed by atoms with E-state index >= 15 is 0 Å². The number of rotatable bonds is 3. The van der Waals surface area contributed by atoms with Crippen molar-refractivity contribution in [3.05, 3.63) is 32.3 Å². The number of hydrogen-bond donors (Lipinski definition) is 1. The highest BCUT2D eigenvalue weighted by Gasteiger charge is 2.19. The van der Waals surface area contributed by atoms with E-state index in [1.54, 1.807) is 0 Å². The third-order valence-electron chi connectivity index (χ3n) is 2.94. The summed E-state index contributed by atoms with van der Waals surface area (Å²) in [5.74, 6) is 0. The molecule has 0 atom stereocenters. The zero-order chi connectivity index (χ0) is 12.4. The van der Waals surface area contributed by atoms with E-state index in [0.717, 1.165) is 12.8 Å². The van der Waals surface area contributed by atoms with Crippen LogP contribution in [0.5, 0.6) is 0 Å². The molecule has 0 radical (unpaired) electrons. The summed E-state index contributed by atoms with van der Waals surface area (Å²) in [4.78, 5) is 10.1. The summed E-state index contributed by atoms with van der Waals surface area (Å²) in [6.07, 6.45) is 4.56. The van der Waals surface area contributed by atoms with E-state index < -0.39 is 4.92 Å². The van der Waals surface area contributed by atoms with Gasteiger partial charge in [0.05, 0.1) is 20.7 Å². The molecular weight excluding hydrogens is 263 g/mol. The number of nitrogens with one attached hydrogen (secondary N) is 1. The zero-order valence-corrected chi connectivity index (χ0v) is 10.6. The van der Waals surface area contributed by atoms with Gasteiger partial charge in [-0.3, -0.25) is 10.1 Å². The zero-order valence-electron chi connectivity index (χ0n) is 9.08. The summed E-state index contributed by atoms with van der Waals surface area (Å²) in [5.41, 5.74) is 0.516. The van der Waals surface area contributed by atoms with Crippen LogP contribution in [0, 0.1) is 10.1 Å². The van der Waals surface area contributed by atoms with Gasteiger partial charge in [0.25, 0.3) is 5.69 Å². The Morgan fingerprint density at radius 1 is 1.24 bits per heavy atom. The largest absolute Gasteiger partial charge is 0.380 e. The smallest absolute Gasteiger partial charge is 0.272 e. The summed E-state index contributed by atoms with van der Waals surface area (Å²) in [5, 5.41) is 14.5. The molecule has 92 valence electrons. The predicted octanol–water partition coefficient (Wildman–Crippen LogP) is 4.26. The van der Waals surface area contributed by atoms with E-state index in [1.807, 2.05) is 0 Å². The molecule has 17 heavy (non-hydrogen) atoms. The van der Waals surface area contributed by atoms with Crippen molar-refractivity contribution >= 4 is 34.6 Å². The number of halogens is 2. The van der Waals surface area contributed by atoms with Gasteiger partial charge in [-0.1, -0.05) is 36.0 Å². The summed E-state index contributed by atoms with van der Waals surface area (Å²) < 4.78 is 0. The number of nitro groups is 1. The van der Waals surface area contributed by atoms with Crippen molar-refractivity contribution in [1.82, 2.24) is 0 Å². The highest BCUT2D eigenvalue weighted by molar-refractivity contribution is 6.39. The van der Waals surface area contributed by atoms with Crippen LogP contribution >= 0.6 is 23.2 Å². The molecule has 0 spiro atoms. The lowest BCUT2D eigenvalue weighted by Crippen LogP contribution is -2.15. The van der Waals surface area contributed by atoms with E-state index in [0.29, 0.717) is 21.8 Å². The molecule has 0 aliphatic heterocycles. The van der Waals surface area contributed by atoms with Crippen molar-refractivity contribution in [2.75, 3.05) is 5.32 Å². The van der Waals surface area contributed by atoms with Gasteiger partial charge < -0.3 is 5.32 Å². The van der Waals surface area contributed by atoms with Crippen molar-refractivity contribution in [2.24, 2.45) is 0 Å². The van der Waals surface area contributed by atoms with Crippen LogP contribution in [0.15, 0.2) is 12.1 Å². The maximum atomic E-state index is 10.6. The van der Waals surface area contributed by atoms with E-state index in [1.165, 1.54) is 25.0 Å². The van der Waals surface area contributed by atoms with Gasteiger partial charge >= 0.3 is 0 Å². The maximum absolute atomic E-state index is 10.6. The molecule has 1 saturated carbocycles. The number of benzene rings is 1. The molecule has 6 heteroatoms. The second-order valence-electron chi connectivity index (χ2n) is 4.17. The number of non-ortho nitro benzene ring substituents is 1. The first-order chi connectivity index (χ1) is 8.08. The molecular formula is C11H12Cl2N2O2. The van der Waals surface area contributed by atoms with E-state index in [-0.39, 0.29) is 5.69 Å². The summed E-state index contributed by atoms with van der Waals surface area (Å²) in [6.45, 7) is 0. The van der Waals surface area contributed by atoms with Crippen LogP contribution < -0.4 is 5.32 Å². The Morgan fingerprint density at radius 2 is 1.76 bits per heavy atom. The van der Waals surface area contributed by atoms with E-state index in [9.17, 15) is 10.1 Å². The Balaban J connectivity index is 2.24. The molecule has 0 bridgehead atoms. The molecule has 1 N–H and O–H groups in total. The molecule has 1 aliphatic carbocycles. The van der Waals surface area contributed by atoms with Crippen LogP contribution in [0.3, 0.4) is 0 Å². The summed E-state index contributed by atoms with van der Waals surface area (Å²) in [7, 11) is 0. The van der Waals surface area contributed by atoms with Crippen molar-refractivity contribution < 1.29 is 4.92 Å². The fourth-order valence-electron chi connectivity index (χ4n) is 2.08. The maximum Gasteiger partial charge on any atom is 0.272 e. The number of hydrogen-bond acceptors (Lipinski definition) is 3. The highest BCUT2D eigenvalue weighted by Crippen LogP contribution is 2.36. The van der Waals surface area contributed by atoms with Crippen LogP contribution in [0.1, 0.15) is 25.7 Å². The molecule has 0 amide bonds. The number of nitro benzene ring substituents is 1. The minimum atomic E-state index is -0.503. The second kappa shape index (κ2) is 5.10. The number of anilines is 1. The van der Waals surface area contributed by atoms with Gasteiger partial charge in [-0.25, -0.2) is 0 Å². The van der Waals surface area contributed by atoms with Crippen LogP contribution in [-0.4, -0.2) is 11.0 Å². The van der Waals surface area contributed by atoms with Gasteiger partial charge in [0.2, 0.25) is 0 Å². The fourth-order valence-corrected chi connectivity index (χ4v) is 2.66. The summed E-state index contributed by atoms with van der Waals surface area (Å²) >= 11 is 12.0. The topological polar surface area (TPSA) is 55.2 Å². The lowest BCUT2D eigenvalue weighted by Gasteiger charge is -2.16. The van der Waals surface area contributed by atoms with Crippen LogP contribution in [0.2, 0.25) is 10.0 Å². The molecule has 1 aliphatic rings. The van der Waals surface area contributed by atoms with E-state index in [4.69, 9.17) is 23.2 Å². The quantitative estimate of drug-likeness (QED) is 0.662. The molecule has 1 fully saturated rings. The Labute approximate surface area is 109 Å². The van der Waals surface area contributed by atoms with Crippen LogP contribution in [0.4, 0.5) is 11.4 Å². The monoisotopic (exact) mass is 274 g/mol. The van der Waals surface area contributed by atoms with E-state index in [2.05, 4.69) is 5.32 Å². The third-order valence-corrected chi connectivity index (χ3v) is 3.54. The van der Waals surface area contributed by atoms with Gasteiger partial charge in [0.1, 0.15) is 0 Å². The Hall–Kier alpha value is -1.00. The summed E-state index contributed by atoms with van der Waals surface area (Å²) in [6, 6.07) is 3.02. The Morgan fingerprint density at radius 3 is 2.24 bits per heavy atom. The molecule has 0 unspecified atom stereocenters. The highest BCUT2D eigenvalue weighted by atomic mass is 35.5. The van der Waals surface area contributed by atoms with Crippen molar-refractivity contribution in [1.29, 1.82) is 0 Å². The first kappa shape index (κ1) is 12.5. The van der Waals surface area contributed by atoms with Gasteiger partial charge in [0.15, 0.2) is 0 Å². The van der Waals surface area contributed by atoms with Crippen molar-refractivity contribution in [3.63, 3.8) is 0 Å². The molecule has 0 aromatic heterocycles.